The molecule has 10 rings (SSSR count). The fourth-order valence-electron chi connectivity index (χ4n) is 7.16. The zero-order valence-corrected chi connectivity index (χ0v) is 28.0. The van der Waals surface area contributed by atoms with Gasteiger partial charge in [0.15, 0.2) is 0 Å². The molecule has 0 aliphatic carbocycles. The predicted octanol–water partition coefficient (Wildman–Crippen LogP) is 13.7. The highest BCUT2D eigenvalue weighted by Gasteiger charge is 2.19. The topological polar surface area (TPSA) is 17.8 Å². The largest absolute Gasteiger partial charge is 0.292 e. The van der Waals surface area contributed by atoms with Crippen molar-refractivity contribution >= 4 is 32.6 Å². The smallest absolute Gasteiger partial charge is 0.145 e. The lowest BCUT2D eigenvalue weighted by Gasteiger charge is -2.19. The summed E-state index contributed by atoms with van der Waals surface area (Å²) >= 11 is 0. The molecule has 0 fully saturated rings. The number of rotatable bonds is 6. The van der Waals surface area contributed by atoms with Crippen molar-refractivity contribution in [2.24, 2.45) is 0 Å². The minimum atomic E-state index is -0.536. The fraction of sp³-hybridized carbons (Fsp3) is 0. The summed E-state index contributed by atoms with van der Waals surface area (Å²) in [7, 11) is 0. The van der Waals surface area contributed by atoms with E-state index in [-0.39, 0.29) is 56.3 Å². The number of nitrogens with zero attached hydrogens (tertiary/aromatic N) is 2. The normalized spacial score (nSPS) is 14.8. The maximum atomic E-state index is 9.53. The summed E-state index contributed by atoms with van der Waals surface area (Å²) in [5.74, 6) is 0.252. The Labute approximate surface area is 327 Å². The molecule has 0 N–H and O–H groups in total. The minimum absolute atomic E-state index is 0.0547. The molecule has 53 heavy (non-hydrogen) atoms. The van der Waals surface area contributed by atoms with Crippen molar-refractivity contribution < 1.29 is 17.8 Å². The average molecular weight is 688 g/mol. The van der Waals surface area contributed by atoms with E-state index in [1.54, 1.807) is 48.5 Å². The lowest BCUT2D eigenvalue weighted by molar-refractivity contribution is 1.10. The Balaban J connectivity index is 1.31. The van der Waals surface area contributed by atoms with E-state index >= 15 is 0 Å². The van der Waals surface area contributed by atoms with Gasteiger partial charge in [-0.05, 0) is 108 Å². The number of para-hydroxylation sites is 3. The SMILES string of the molecule is [2H]c1c([2H])c([2H])c(-n2c(-c3ccc(-c4c5c([2H])c([2H])c([2H])c([2H])c5c(-c5cc(-c6ccccc6)cc(-c6ccccc6)c5)c5c([2H])c([2H])c([2H])c([2H])c45)cc3)nc3ccccc32)c([2H])c1[2H]. The van der Waals surface area contributed by atoms with Crippen molar-refractivity contribution in [3.05, 3.63) is 206 Å². The molecule has 0 aliphatic rings. The molecule has 248 valence electrons. The minimum Gasteiger partial charge on any atom is -0.292 e. The van der Waals surface area contributed by atoms with E-state index in [2.05, 4.69) is 0 Å². The number of benzene rings is 9. The third kappa shape index (κ3) is 5.40. The van der Waals surface area contributed by atoms with Gasteiger partial charge in [0.2, 0.25) is 0 Å². The Morgan fingerprint density at radius 2 is 0.830 bits per heavy atom. The quantitative estimate of drug-likeness (QED) is 0.159. The van der Waals surface area contributed by atoms with Crippen molar-refractivity contribution in [1.29, 1.82) is 0 Å². The molecular formula is C51H34N2. The molecule has 0 unspecified atom stereocenters. The number of hydrogen-bond acceptors (Lipinski definition) is 1. The summed E-state index contributed by atoms with van der Waals surface area (Å²) < 4.78 is 118. The molecule has 0 aliphatic heterocycles. The summed E-state index contributed by atoms with van der Waals surface area (Å²) in [5.41, 5.74) is 5.87. The van der Waals surface area contributed by atoms with Crippen LogP contribution >= 0.6 is 0 Å². The van der Waals surface area contributed by atoms with Gasteiger partial charge in [-0.1, -0.05) is 164 Å². The van der Waals surface area contributed by atoms with Crippen molar-refractivity contribution in [2.45, 2.75) is 0 Å². The lowest BCUT2D eigenvalue weighted by Crippen LogP contribution is -1.97. The zero-order chi connectivity index (χ0) is 46.5. The van der Waals surface area contributed by atoms with Crippen LogP contribution in [0.5, 0.6) is 0 Å². The molecule has 0 saturated heterocycles. The Hall–Kier alpha value is -7.03. The van der Waals surface area contributed by atoms with E-state index in [0.29, 0.717) is 27.7 Å². The number of fused-ring (bicyclic) bond motifs is 3. The molecule has 0 spiro atoms. The molecule has 2 heteroatoms. The summed E-state index contributed by atoms with van der Waals surface area (Å²) in [5, 5.41) is 0.257. The average Bonchev–Trinajstić information content (AvgIpc) is 3.73. The first-order valence-electron chi connectivity index (χ1n) is 23.6. The van der Waals surface area contributed by atoms with Gasteiger partial charge < -0.3 is 0 Å². The van der Waals surface area contributed by atoms with E-state index < -0.39 is 66.5 Å². The summed E-state index contributed by atoms with van der Waals surface area (Å²) in [6.07, 6.45) is 0. The van der Waals surface area contributed by atoms with Crippen LogP contribution in [0.4, 0.5) is 0 Å². The molecule has 0 amide bonds. The summed E-state index contributed by atoms with van der Waals surface area (Å²) in [6, 6.07) is 32.7. The van der Waals surface area contributed by atoms with Crippen LogP contribution in [0.15, 0.2) is 206 Å². The van der Waals surface area contributed by atoms with E-state index in [0.717, 1.165) is 22.3 Å². The van der Waals surface area contributed by atoms with E-state index in [9.17, 15) is 5.48 Å². The van der Waals surface area contributed by atoms with E-state index in [1.165, 1.54) is 4.57 Å². The van der Waals surface area contributed by atoms with Crippen LogP contribution in [-0.2, 0) is 0 Å². The first-order chi connectivity index (χ1) is 31.7. The maximum absolute atomic E-state index is 9.53. The third-order valence-corrected chi connectivity index (χ3v) is 9.51. The Morgan fingerprint density at radius 3 is 1.40 bits per heavy atom. The number of hydrogen-bond donors (Lipinski definition) is 0. The van der Waals surface area contributed by atoms with Crippen LogP contribution in [-0.4, -0.2) is 9.55 Å². The molecule has 1 aromatic heterocycles. The van der Waals surface area contributed by atoms with Gasteiger partial charge >= 0.3 is 0 Å². The zero-order valence-electron chi connectivity index (χ0n) is 41.0. The van der Waals surface area contributed by atoms with Crippen LogP contribution in [0.25, 0.3) is 94.2 Å². The second kappa shape index (κ2) is 12.9. The summed E-state index contributed by atoms with van der Waals surface area (Å²) in [6.45, 7) is 0. The van der Waals surface area contributed by atoms with Gasteiger partial charge in [-0.15, -0.1) is 0 Å². The third-order valence-electron chi connectivity index (χ3n) is 9.51. The molecule has 9 aromatic carbocycles. The van der Waals surface area contributed by atoms with Crippen molar-refractivity contribution in [2.75, 3.05) is 0 Å². The standard InChI is InChI=1S/C51H34N2/c1-4-16-35(17-5-1)39-32-40(36-18-6-2-7-19-36)34-41(33-39)50-45-24-12-10-22-43(45)49(44-23-11-13-25-46(44)50)37-28-30-38(31-29-37)51-52-47-26-14-15-27-48(47)53(51)42-20-8-3-9-21-42/h1-34H/i3D,8D,9D,10D,11D,12D,13D,20D,21D,22D,23D,24D,25D. The molecule has 0 atom stereocenters. The maximum Gasteiger partial charge on any atom is 0.145 e. The number of aromatic nitrogens is 2. The second-order valence-corrected chi connectivity index (χ2v) is 12.6. The van der Waals surface area contributed by atoms with Crippen LogP contribution in [0.1, 0.15) is 17.8 Å². The van der Waals surface area contributed by atoms with Crippen LogP contribution in [0, 0.1) is 0 Å². The molecule has 0 bridgehead atoms. The Morgan fingerprint density at radius 1 is 0.377 bits per heavy atom. The molecular weight excluding hydrogens is 641 g/mol. The molecule has 2 nitrogen and oxygen atoms in total. The van der Waals surface area contributed by atoms with Crippen LogP contribution in [0.2, 0.25) is 0 Å². The van der Waals surface area contributed by atoms with Gasteiger partial charge in [0.05, 0.1) is 28.9 Å². The number of imidazole rings is 1. The Bertz CT molecular complexity index is 3500. The van der Waals surface area contributed by atoms with Gasteiger partial charge in [-0.25, -0.2) is 4.98 Å². The highest BCUT2D eigenvalue weighted by molar-refractivity contribution is 6.21. The molecule has 0 radical (unpaired) electrons. The Kier molecular flexibility index (Phi) is 4.91. The van der Waals surface area contributed by atoms with E-state index in [4.69, 9.17) is 17.3 Å². The van der Waals surface area contributed by atoms with Crippen molar-refractivity contribution in [1.82, 2.24) is 9.55 Å². The van der Waals surface area contributed by atoms with Gasteiger partial charge in [-0.3, -0.25) is 4.57 Å². The highest BCUT2D eigenvalue weighted by Crippen LogP contribution is 2.45. The van der Waals surface area contributed by atoms with Gasteiger partial charge in [0.25, 0.3) is 0 Å². The first-order valence-corrected chi connectivity index (χ1v) is 17.1. The predicted molar refractivity (Wildman–Crippen MR) is 223 cm³/mol. The van der Waals surface area contributed by atoms with Gasteiger partial charge in [-0.2, -0.15) is 0 Å². The molecule has 1 heterocycles. The van der Waals surface area contributed by atoms with Gasteiger partial charge in [0.1, 0.15) is 5.82 Å². The lowest BCUT2D eigenvalue weighted by atomic mass is 9.84. The molecule has 10 aromatic rings. The monoisotopic (exact) mass is 687 g/mol. The first kappa shape index (κ1) is 20.1. The summed E-state index contributed by atoms with van der Waals surface area (Å²) in [4.78, 5) is 4.85. The second-order valence-electron chi connectivity index (χ2n) is 12.6. The van der Waals surface area contributed by atoms with Crippen molar-refractivity contribution in [3.8, 4) is 61.6 Å². The van der Waals surface area contributed by atoms with Crippen molar-refractivity contribution in [3.63, 3.8) is 0 Å². The van der Waals surface area contributed by atoms with Crippen LogP contribution in [0.3, 0.4) is 0 Å². The van der Waals surface area contributed by atoms with Crippen LogP contribution < -0.4 is 0 Å². The molecule has 0 saturated carbocycles. The van der Waals surface area contributed by atoms with E-state index in [1.807, 2.05) is 78.9 Å². The fourth-order valence-corrected chi connectivity index (χ4v) is 7.16. The highest BCUT2D eigenvalue weighted by atomic mass is 15.1. The van der Waals surface area contributed by atoms with Gasteiger partial charge in [0, 0.05) is 11.3 Å².